The summed E-state index contributed by atoms with van der Waals surface area (Å²) in [7, 11) is 0. The van der Waals surface area contributed by atoms with E-state index >= 15 is 0 Å². The van der Waals surface area contributed by atoms with Crippen LogP contribution in [0.2, 0.25) is 0 Å². The van der Waals surface area contributed by atoms with Gasteiger partial charge in [0.05, 0.1) is 5.41 Å². The molecule has 1 N–H and O–H groups in total. The number of carboxylic acids is 1. The predicted octanol–water partition coefficient (Wildman–Crippen LogP) is 6.19. The fourth-order valence-corrected chi connectivity index (χ4v) is 3.25. The van der Waals surface area contributed by atoms with Gasteiger partial charge in [-0.3, -0.25) is 4.79 Å². The molecule has 0 aliphatic carbocycles. The van der Waals surface area contributed by atoms with E-state index in [2.05, 4.69) is 20.8 Å². The van der Waals surface area contributed by atoms with E-state index in [1.165, 1.54) is 44.9 Å². The second-order valence-electron chi connectivity index (χ2n) is 6.31. The zero-order valence-electron chi connectivity index (χ0n) is 14.0. The first-order valence-corrected chi connectivity index (χ1v) is 8.86. The second kappa shape index (κ2) is 12.2. The van der Waals surface area contributed by atoms with Crippen LogP contribution in [0.1, 0.15) is 104 Å². The molecule has 0 aliphatic rings. The van der Waals surface area contributed by atoms with Crippen molar-refractivity contribution in [3.63, 3.8) is 0 Å². The van der Waals surface area contributed by atoms with E-state index < -0.39 is 11.4 Å². The summed E-state index contributed by atoms with van der Waals surface area (Å²) in [6.07, 6.45) is 14.8. The van der Waals surface area contributed by atoms with Gasteiger partial charge in [0.2, 0.25) is 0 Å². The molecule has 0 saturated carbocycles. The van der Waals surface area contributed by atoms with Crippen molar-refractivity contribution in [2.75, 3.05) is 0 Å². The molecule has 0 amide bonds. The number of hydrogen-bond acceptors (Lipinski definition) is 1. The minimum Gasteiger partial charge on any atom is -0.481 e. The SMILES string of the molecule is CCCCCCCCCCC(CCC)(CCC)C(=O)O. The molecule has 0 aromatic rings. The third kappa shape index (κ3) is 7.91. The van der Waals surface area contributed by atoms with Gasteiger partial charge in [-0.05, 0) is 19.3 Å². The molecule has 0 aliphatic heterocycles. The van der Waals surface area contributed by atoms with Gasteiger partial charge < -0.3 is 5.11 Å². The summed E-state index contributed by atoms with van der Waals surface area (Å²) in [6, 6.07) is 0. The molecule has 0 rings (SSSR count). The van der Waals surface area contributed by atoms with E-state index in [0.29, 0.717) is 0 Å². The molecule has 0 spiro atoms. The highest BCUT2D eigenvalue weighted by Gasteiger charge is 2.35. The minimum atomic E-state index is -0.566. The van der Waals surface area contributed by atoms with Crippen LogP contribution in [0.15, 0.2) is 0 Å². The molecule has 0 radical (unpaired) electrons. The van der Waals surface area contributed by atoms with E-state index in [1.54, 1.807) is 0 Å². The highest BCUT2D eigenvalue weighted by Crippen LogP contribution is 2.36. The predicted molar refractivity (Wildman–Crippen MR) is 87.1 cm³/mol. The van der Waals surface area contributed by atoms with Crippen LogP contribution in [0.25, 0.3) is 0 Å². The Hall–Kier alpha value is -0.530. The summed E-state index contributed by atoms with van der Waals surface area (Å²) in [5.74, 6) is -0.566. The molecule has 0 heterocycles. The lowest BCUT2D eigenvalue weighted by atomic mass is 9.75. The van der Waals surface area contributed by atoms with Crippen LogP contribution in [0.5, 0.6) is 0 Å². The Morgan fingerprint density at radius 1 is 0.700 bits per heavy atom. The fraction of sp³-hybridized carbons (Fsp3) is 0.944. The van der Waals surface area contributed by atoms with Crippen LogP contribution < -0.4 is 0 Å². The number of rotatable bonds is 14. The lowest BCUT2D eigenvalue weighted by molar-refractivity contribution is -0.150. The molecule has 120 valence electrons. The zero-order valence-corrected chi connectivity index (χ0v) is 14.0. The highest BCUT2D eigenvalue weighted by atomic mass is 16.4. The maximum Gasteiger partial charge on any atom is 0.309 e. The normalized spacial score (nSPS) is 11.8. The van der Waals surface area contributed by atoms with Gasteiger partial charge >= 0.3 is 5.97 Å². The monoisotopic (exact) mass is 284 g/mol. The second-order valence-corrected chi connectivity index (χ2v) is 6.31. The number of carboxylic acid groups (broad SMARTS) is 1. The fourth-order valence-electron chi connectivity index (χ4n) is 3.25. The molecule has 0 atom stereocenters. The summed E-state index contributed by atoms with van der Waals surface area (Å²) >= 11 is 0. The Morgan fingerprint density at radius 2 is 1.15 bits per heavy atom. The number of aliphatic carboxylic acids is 1. The molecule has 2 heteroatoms. The number of carbonyl (C=O) groups is 1. The molecule has 20 heavy (non-hydrogen) atoms. The Kier molecular flexibility index (Phi) is 11.9. The summed E-state index contributed by atoms with van der Waals surface area (Å²) < 4.78 is 0. The maximum atomic E-state index is 11.6. The van der Waals surface area contributed by atoms with Gasteiger partial charge in [-0.1, -0.05) is 85.0 Å². The zero-order chi connectivity index (χ0) is 15.3. The topological polar surface area (TPSA) is 37.3 Å². The molecule has 0 saturated heterocycles. The van der Waals surface area contributed by atoms with Gasteiger partial charge in [0.15, 0.2) is 0 Å². The van der Waals surface area contributed by atoms with Crippen molar-refractivity contribution >= 4 is 5.97 Å². The first kappa shape index (κ1) is 19.5. The standard InChI is InChI=1S/C18H36O2/c1-4-7-8-9-10-11-12-13-16-18(14-5-2,15-6-3)17(19)20/h4-16H2,1-3H3,(H,19,20). The highest BCUT2D eigenvalue weighted by molar-refractivity contribution is 5.74. The molecular weight excluding hydrogens is 248 g/mol. The van der Waals surface area contributed by atoms with E-state index in [9.17, 15) is 9.90 Å². The number of hydrogen-bond donors (Lipinski definition) is 1. The molecule has 2 nitrogen and oxygen atoms in total. The third-order valence-corrected chi connectivity index (χ3v) is 4.42. The molecular formula is C18H36O2. The Bertz CT molecular complexity index is 230. The Morgan fingerprint density at radius 3 is 1.55 bits per heavy atom. The van der Waals surface area contributed by atoms with Crippen molar-refractivity contribution in [2.45, 2.75) is 104 Å². The quantitative estimate of drug-likeness (QED) is 0.386. The molecule has 0 bridgehead atoms. The lowest BCUT2D eigenvalue weighted by Crippen LogP contribution is -2.31. The summed E-state index contributed by atoms with van der Waals surface area (Å²) in [4.78, 5) is 11.6. The van der Waals surface area contributed by atoms with Crippen LogP contribution in [-0.2, 0) is 4.79 Å². The van der Waals surface area contributed by atoms with Gasteiger partial charge in [0, 0.05) is 0 Å². The van der Waals surface area contributed by atoms with Crippen LogP contribution in [0, 0.1) is 5.41 Å². The van der Waals surface area contributed by atoms with Crippen molar-refractivity contribution in [2.24, 2.45) is 5.41 Å². The molecule has 0 aromatic heterocycles. The van der Waals surface area contributed by atoms with Crippen LogP contribution in [-0.4, -0.2) is 11.1 Å². The van der Waals surface area contributed by atoms with Crippen molar-refractivity contribution in [1.29, 1.82) is 0 Å². The summed E-state index contributed by atoms with van der Waals surface area (Å²) in [5, 5.41) is 9.59. The van der Waals surface area contributed by atoms with E-state index in [1.807, 2.05) is 0 Å². The largest absolute Gasteiger partial charge is 0.481 e. The first-order valence-electron chi connectivity index (χ1n) is 8.86. The van der Waals surface area contributed by atoms with Gasteiger partial charge in [-0.15, -0.1) is 0 Å². The first-order chi connectivity index (χ1) is 9.63. The van der Waals surface area contributed by atoms with Crippen LogP contribution in [0.3, 0.4) is 0 Å². The van der Waals surface area contributed by atoms with E-state index in [4.69, 9.17) is 0 Å². The van der Waals surface area contributed by atoms with Gasteiger partial charge in [0.1, 0.15) is 0 Å². The van der Waals surface area contributed by atoms with Crippen molar-refractivity contribution in [1.82, 2.24) is 0 Å². The average Bonchev–Trinajstić information content (AvgIpc) is 2.42. The Balaban J connectivity index is 3.93. The van der Waals surface area contributed by atoms with E-state index in [0.717, 1.165) is 38.5 Å². The smallest absolute Gasteiger partial charge is 0.309 e. The minimum absolute atomic E-state index is 0.439. The summed E-state index contributed by atoms with van der Waals surface area (Å²) in [6.45, 7) is 6.44. The maximum absolute atomic E-state index is 11.6. The molecule has 0 unspecified atom stereocenters. The van der Waals surface area contributed by atoms with Gasteiger partial charge in [0.25, 0.3) is 0 Å². The van der Waals surface area contributed by atoms with Gasteiger partial charge in [-0.2, -0.15) is 0 Å². The van der Waals surface area contributed by atoms with Gasteiger partial charge in [-0.25, -0.2) is 0 Å². The van der Waals surface area contributed by atoms with Crippen molar-refractivity contribution in [3.05, 3.63) is 0 Å². The van der Waals surface area contributed by atoms with Crippen molar-refractivity contribution < 1.29 is 9.90 Å². The summed E-state index contributed by atoms with van der Waals surface area (Å²) in [5.41, 5.74) is -0.439. The molecule has 0 fully saturated rings. The van der Waals surface area contributed by atoms with Crippen molar-refractivity contribution in [3.8, 4) is 0 Å². The molecule has 0 aromatic carbocycles. The Labute approximate surface area is 126 Å². The lowest BCUT2D eigenvalue weighted by Gasteiger charge is -2.29. The third-order valence-electron chi connectivity index (χ3n) is 4.42. The van der Waals surface area contributed by atoms with Crippen LogP contribution >= 0.6 is 0 Å². The number of unbranched alkanes of at least 4 members (excludes halogenated alkanes) is 7. The average molecular weight is 284 g/mol. The van der Waals surface area contributed by atoms with E-state index in [-0.39, 0.29) is 0 Å². The van der Waals surface area contributed by atoms with Crippen LogP contribution in [0.4, 0.5) is 0 Å².